The van der Waals surface area contributed by atoms with Crippen molar-refractivity contribution in [3.63, 3.8) is 0 Å². The number of allylic oxidation sites excluding steroid dienone is 1. The molecule has 0 saturated carbocycles. The van der Waals surface area contributed by atoms with Crippen LogP contribution in [0.3, 0.4) is 0 Å². The maximum Gasteiger partial charge on any atom is 0.279 e. The van der Waals surface area contributed by atoms with E-state index in [-0.39, 0.29) is 12.6 Å². The average molecular weight is 356 g/mol. The summed E-state index contributed by atoms with van der Waals surface area (Å²) >= 11 is 1.26. The van der Waals surface area contributed by atoms with Crippen LogP contribution in [0.15, 0.2) is 54.0 Å². The number of ether oxygens (including phenoxy) is 2. The molecule has 0 atom stereocenters. The number of hydrogen-bond donors (Lipinski definition) is 0. The van der Waals surface area contributed by atoms with Gasteiger partial charge in [0.15, 0.2) is 16.3 Å². The second kappa shape index (κ2) is 6.18. The van der Waals surface area contributed by atoms with Crippen LogP contribution in [0, 0.1) is 5.82 Å². The lowest BCUT2D eigenvalue weighted by Gasteiger charge is -2.01. The maximum absolute atomic E-state index is 13.5. The van der Waals surface area contributed by atoms with Crippen LogP contribution in [-0.4, -0.2) is 17.3 Å². The Bertz CT molecular complexity index is 1070. The molecule has 7 heteroatoms. The van der Waals surface area contributed by atoms with Crippen molar-refractivity contribution < 1.29 is 18.7 Å². The van der Waals surface area contributed by atoms with Crippen LogP contribution in [0.1, 0.15) is 10.4 Å². The Hall–Kier alpha value is -2.93. The van der Waals surface area contributed by atoms with Crippen LogP contribution >= 0.6 is 11.3 Å². The Morgan fingerprint density at radius 2 is 2.12 bits per heavy atom. The zero-order valence-electron chi connectivity index (χ0n) is 13.1. The number of hydrogen-bond acceptors (Lipinski definition) is 4. The van der Waals surface area contributed by atoms with Crippen molar-refractivity contribution in [3.8, 4) is 11.5 Å². The number of nitrogens with zero attached hydrogens (tertiary/aromatic N) is 2. The van der Waals surface area contributed by atoms with E-state index in [1.807, 2.05) is 4.57 Å². The molecule has 1 amide bonds. The smallest absolute Gasteiger partial charge is 0.279 e. The topological polar surface area (TPSA) is 52.8 Å². The van der Waals surface area contributed by atoms with E-state index in [1.54, 1.807) is 30.3 Å². The van der Waals surface area contributed by atoms with Gasteiger partial charge in [0.2, 0.25) is 6.79 Å². The summed E-state index contributed by atoms with van der Waals surface area (Å²) in [5, 5.41) is 0. The van der Waals surface area contributed by atoms with Gasteiger partial charge in [-0.15, -0.1) is 6.58 Å². The van der Waals surface area contributed by atoms with Gasteiger partial charge in [-0.3, -0.25) is 4.79 Å². The van der Waals surface area contributed by atoms with Gasteiger partial charge in [0.1, 0.15) is 5.82 Å². The number of aromatic nitrogens is 1. The van der Waals surface area contributed by atoms with Crippen molar-refractivity contribution >= 4 is 27.5 Å². The second-order valence-electron chi connectivity index (χ2n) is 5.38. The summed E-state index contributed by atoms with van der Waals surface area (Å²) in [6, 6.07) is 9.43. The number of halogens is 1. The molecule has 1 aromatic heterocycles. The maximum atomic E-state index is 13.5. The number of carbonyl (C=O) groups excluding carboxylic acids is 1. The fourth-order valence-electron chi connectivity index (χ4n) is 2.62. The molecule has 1 aliphatic rings. The number of carbonyl (C=O) groups is 1. The standard InChI is InChI=1S/C18H13FN2O3S/c1-2-7-21-13-5-4-12(19)9-16(13)25-18(21)20-17(22)11-3-6-14-15(8-11)24-10-23-14/h2-6,8-9H,1,7,10H2. The molecule has 4 rings (SSSR count). The first-order valence-corrected chi connectivity index (χ1v) is 8.36. The highest BCUT2D eigenvalue weighted by molar-refractivity contribution is 7.16. The molecule has 0 fully saturated rings. The van der Waals surface area contributed by atoms with E-state index >= 15 is 0 Å². The van der Waals surface area contributed by atoms with Crippen molar-refractivity contribution in [1.29, 1.82) is 0 Å². The van der Waals surface area contributed by atoms with Crippen molar-refractivity contribution in [2.45, 2.75) is 6.54 Å². The molecule has 2 aromatic carbocycles. The van der Waals surface area contributed by atoms with Crippen LogP contribution in [0.5, 0.6) is 11.5 Å². The van der Waals surface area contributed by atoms with Crippen molar-refractivity contribution in [2.24, 2.45) is 4.99 Å². The number of amides is 1. The van der Waals surface area contributed by atoms with Gasteiger partial charge in [-0.05, 0) is 36.4 Å². The molecule has 0 saturated heterocycles. The lowest BCUT2D eigenvalue weighted by Crippen LogP contribution is -2.16. The monoisotopic (exact) mass is 356 g/mol. The SMILES string of the molecule is C=CCn1c(=NC(=O)c2ccc3c(c2)OCO3)sc2cc(F)ccc21. The molecule has 2 heterocycles. The highest BCUT2D eigenvalue weighted by atomic mass is 32.1. The van der Waals surface area contributed by atoms with Gasteiger partial charge in [-0.25, -0.2) is 4.39 Å². The summed E-state index contributed by atoms with van der Waals surface area (Å²) in [6.07, 6.45) is 1.71. The van der Waals surface area contributed by atoms with Gasteiger partial charge in [-0.1, -0.05) is 17.4 Å². The van der Waals surface area contributed by atoms with E-state index in [1.165, 1.54) is 23.5 Å². The molecule has 0 unspecified atom stereocenters. The summed E-state index contributed by atoms with van der Waals surface area (Å²) in [4.78, 5) is 17.2. The Morgan fingerprint density at radius 1 is 1.28 bits per heavy atom. The quantitative estimate of drug-likeness (QED) is 0.675. The molecule has 25 heavy (non-hydrogen) atoms. The van der Waals surface area contributed by atoms with Crippen molar-refractivity contribution in [2.75, 3.05) is 6.79 Å². The lowest BCUT2D eigenvalue weighted by molar-refractivity contribution is 0.0997. The highest BCUT2D eigenvalue weighted by Gasteiger charge is 2.16. The minimum Gasteiger partial charge on any atom is -0.454 e. The zero-order valence-corrected chi connectivity index (χ0v) is 13.9. The Labute approximate surface area is 146 Å². The van der Waals surface area contributed by atoms with Crippen LogP contribution in [0.25, 0.3) is 10.2 Å². The first-order chi connectivity index (χ1) is 12.2. The van der Waals surface area contributed by atoms with Gasteiger partial charge in [0.05, 0.1) is 10.2 Å². The molecule has 0 spiro atoms. The van der Waals surface area contributed by atoms with Crippen molar-refractivity contribution in [3.05, 3.63) is 65.2 Å². The first kappa shape index (κ1) is 15.6. The van der Waals surface area contributed by atoms with Gasteiger partial charge in [-0.2, -0.15) is 4.99 Å². The predicted molar refractivity (Wildman–Crippen MR) is 92.4 cm³/mol. The van der Waals surface area contributed by atoms with Crippen LogP contribution < -0.4 is 14.3 Å². The molecule has 126 valence electrons. The molecular weight excluding hydrogens is 343 g/mol. The highest BCUT2D eigenvalue weighted by Crippen LogP contribution is 2.32. The Kier molecular flexibility index (Phi) is 3.85. The minimum atomic E-state index is -0.400. The van der Waals surface area contributed by atoms with Gasteiger partial charge in [0, 0.05) is 12.1 Å². The fraction of sp³-hybridized carbons (Fsp3) is 0.111. The van der Waals surface area contributed by atoms with E-state index in [2.05, 4.69) is 11.6 Å². The first-order valence-electron chi connectivity index (χ1n) is 7.54. The zero-order chi connectivity index (χ0) is 17.4. The van der Waals surface area contributed by atoms with Crippen LogP contribution in [-0.2, 0) is 6.54 Å². The summed E-state index contributed by atoms with van der Waals surface area (Å²) in [5.74, 6) is 0.408. The molecule has 0 radical (unpaired) electrons. The molecule has 5 nitrogen and oxygen atoms in total. The minimum absolute atomic E-state index is 0.144. The fourth-order valence-corrected chi connectivity index (χ4v) is 3.68. The van der Waals surface area contributed by atoms with E-state index in [4.69, 9.17) is 9.47 Å². The molecule has 0 N–H and O–H groups in total. The molecule has 1 aliphatic heterocycles. The van der Waals surface area contributed by atoms with Crippen molar-refractivity contribution in [1.82, 2.24) is 4.57 Å². The normalized spacial score (nSPS) is 13.4. The third-order valence-electron chi connectivity index (χ3n) is 3.77. The van der Waals surface area contributed by atoms with E-state index in [0.717, 1.165) is 10.2 Å². The predicted octanol–water partition coefficient (Wildman–Crippen LogP) is 3.50. The Morgan fingerprint density at radius 3 is 2.96 bits per heavy atom. The van der Waals surface area contributed by atoms with Gasteiger partial charge >= 0.3 is 0 Å². The van der Waals surface area contributed by atoms with Crippen LogP contribution in [0.2, 0.25) is 0 Å². The van der Waals surface area contributed by atoms with E-state index in [0.29, 0.717) is 28.4 Å². The summed E-state index contributed by atoms with van der Waals surface area (Å²) in [5.41, 5.74) is 1.21. The summed E-state index contributed by atoms with van der Waals surface area (Å²) < 4.78 is 26.6. The number of fused-ring (bicyclic) bond motifs is 2. The third kappa shape index (κ3) is 2.83. The average Bonchev–Trinajstić information content (AvgIpc) is 3.19. The summed E-state index contributed by atoms with van der Waals surface area (Å²) in [7, 11) is 0. The molecule has 3 aromatic rings. The third-order valence-corrected chi connectivity index (χ3v) is 4.81. The summed E-state index contributed by atoms with van der Waals surface area (Å²) in [6.45, 7) is 4.35. The number of thiazole rings is 1. The van der Waals surface area contributed by atoms with E-state index < -0.39 is 5.91 Å². The van der Waals surface area contributed by atoms with Gasteiger partial charge < -0.3 is 14.0 Å². The number of rotatable bonds is 3. The number of benzene rings is 2. The van der Waals surface area contributed by atoms with Gasteiger partial charge in [0.25, 0.3) is 5.91 Å². The largest absolute Gasteiger partial charge is 0.454 e. The second-order valence-corrected chi connectivity index (χ2v) is 6.39. The van der Waals surface area contributed by atoms with E-state index in [9.17, 15) is 9.18 Å². The lowest BCUT2D eigenvalue weighted by atomic mass is 10.2. The molecule has 0 aliphatic carbocycles. The Balaban J connectivity index is 1.81. The van der Waals surface area contributed by atoms with Crippen LogP contribution in [0.4, 0.5) is 4.39 Å². The molecular formula is C18H13FN2O3S. The molecule has 0 bridgehead atoms.